The number of amides is 1. The van der Waals surface area contributed by atoms with Crippen LogP contribution < -0.4 is 19.5 Å². The molecule has 1 atom stereocenters. The SMILES string of the molecule is CCOc1ccc(C(C)NC(=O)CCOc2ccccc2Cl)cc1OCC. The zero-order valence-corrected chi connectivity index (χ0v) is 16.7. The second kappa shape index (κ2) is 10.7. The van der Waals surface area contributed by atoms with Gasteiger partial charge in [0.25, 0.3) is 0 Å². The summed E-state index contributed by atoms with van der Waals surface area (Å²) in [5.74, 6) is 1.86. The highest BCUT2D eigenvalue weighted by molar-refractivity contribution is 6.32. The standard InChI is InChI=1S/C21H26ClNO4/c1-4-25-19-11-10-16(14-20(19)26-5-2)15(3)23-21(24)12-13-27-18-9-7-6-8-17(18)22/h6-11,14-15H,4-5,12-13H2,1-3H3,(H,23,24). The van der Waals surface area contributed by atoms with Crippen LogP contribution in [0.2, 0.25) is 5.02 Å². The van der Waals surface area contributed by atoms with Gasteiger partial charge < -0.3 is 19.5 Å². The van der Waals surface area contributed by atoms with Gasteiger partial charge in [-0.1, -0.05) is 29.8 Å². The number of benzene rings is 2. The number of para-hydroxylation sites is 1. The Morgan fingerprint density at radius 2 is 1.70 bits per heavy atom. The molecule has 27 heavy (non-hydrogen) atoms. The average molecular weight is 392 g/mol. The van der Waals surface area contributed by atoms with Crippen LogP contribution in [-0.2, 0) is 4.79 Å². The first-order valence-corrected chi connectivity index (χ1v) is 9.49. The minimum atomic E-state index is -0.160. The van der Waals surface area contributed by atoms with Crippen molar-refractivity contribution < 1.29 is 19.0 Å². The molecular weight excluding hydrogens is 366 g/mol. The summed E-state index contributed by atoms with van der Waals surface area (Å²) in [5, 5.41) is 3.50. The molecule has 1 N–H and O–H groups in total. The molecule has 0 radical (unpaired) electrons. The lowest BCUT2D eigenvalue weighted by atomic mass is 10.1. The van der Waals surface area contributed by atoms with Crippen molar-refractivity contribution in [1.29, 1.82) is 0 Å². The Morgan fingerprint density at radius 1 is 1.00 bits per heavy atom. The number of ether oxygens (including phenoxy) is 3. The Hall–Kier alpha value is -2.40. The van der Waals surface area contributed by atoms with E-state index >= 15 is 0 Å². The second-order valence-corrected chi connectivity index (χ2v) is 6.30. The zero-order valence-electron chi connectivity index (χ0n) is 16.0. The minimum absolute atomic E-state index is 0.0959. The van der Waals surface area contributed by atoms with E-state index in [4.69, 9.17) is 25.8 Å². The largest absolute Gasteiger partial charge is 0.491 e. The van der Waals surface area contributed by atoms with Crippen molar-refractivity contribution in [3.8, 4) is 17.2 Å². The van der Waals surface area contributed by atoms with E-state index < -0.39 is 0 Å². The molecule has 0 aliphatic heterocycles. The summed E-state index contributed by atoms with van der Waals surface area (Å²) >= 11 is 6.03. The van der Waals surface area contributed by atoms with Crippen LogP contribution in [0.25, 0.3) is 0 Å². The van der Waals surface area contributed by atoms with E-state index in [9.17, 15) is 4.79 Å². The highest BCUT2D eigenvalue weighted by Crippen LogP contribution is 2.30. The molecular formula is C21H26ClNO4. The van der Waals surface area contributed by atoms with Crippen LogP contribution in [0.3, 0.4) is 0 Å². The zero-order chi connectivity index (χ0) is 19.6. The highest BCUT2D eigenvalue weighted by atomic mass is 35.5. The summed E-state index contributed by atoms with van der Waals surface area (Å²) in [6, 6.07) is 12.7. The first-order valence-electron chi connectivity index (χ1n) is 9.11. The maximum Gasteiger partial charge on any atom is 0.223 e. The molecule has 2 aromatic carbocycles. The number of halogens is 1. The van der Waals surface area contributed by atoms with E-state index in [2.05, 4.69) is 5.32 Å². The summed E-state index contributed by atoms with van der Waals surface area (Å²) in [6.07, 6.45) is 0.241. The fraction of sp³-hybridized carbons (Fsp3) is 0.381. The number of carbonyl (C=O) groups is 1. The minimum Gasteiger partial charge on any atom is -0.491 e. The van der Waals surface area contributed by atoms with E-state index in [0.717, 1.165) is 5.56 Å². The first-order chi connectivity index (χ1) is 13.0. The van der Waals surface area contributed by atoms with Gasteiger partial charge in [-0.25, -0.2) is 0 Å². The van der Waals surface area contributed by atoms with Crippen LogP contribution in [0.5, 0.6) is 17.2 Å². The van der Waals surface area contributed by atoms with E-state index in [1.165, 1.54) is 0 Å². The molecule has 146 valence electrons. The van der Waals surface area contributed by atoms with Gasteiger partial charge in [0.15, 0.2) is 11.5 Å². The molecule has 1 amide bonds. The van der Waals surface area contributed by atoms with Gasteiger partial charge in [-0.2, -0.15) is 0 Å². The van der Waals surface area contributed by atoms with Gasteiger partial charge in [0.1, 0.15) is 5.75 Å². The topological polar surface area (TPSA) is 56.8 Å². The Bertz CT molecular complexity index is 751. The van der Waals surface area contributed by atoms with Crippen LogP contribution in [0, 0.1) is 0 Å². The lowest BCUT2D eigenvalue weighted by Gasteiger charge is -2.17. The van der Waals surface area contributed by atoms with Crippen molar-refractivity contribution in [1.82, 2.24) is 5.32 Å². The molecule has 0 aliphatic carbocycles. The molecule has 0 aliphatic rings. The third kappa shape index (κ3) is 6.36. The maximum absolute atomic E-state index is 12.2. The number of rotatable bonds is 10. The molecule has 5 nitrogen and oxygen atoms in total. The lowest BCUT2D eigenvalue weighted by molar-refractivity contribution is -0.122. The van der Waals surface area contributed by atoms with E-state index in [1.54, 1.807) is 12.1 Å². The average Bonchev–Trinajstić information content (AvgIpc) is 2.65. The molecule has 1 unspecified atom stereocenters. The Balaban J connectivity index is 1.89. The fourth-order valence-electron chi connectivity index (χ4n) is 2.55. The molecule has 6 heteroatoms. The summed E-state index contributed by atoms with van der Waals surface area (Å²) in [6.45, 7) is 7.15. The molecule has 0 spiro atoms. The van der Waals surface area contributed by atoms with Gasteiger partial charge in [0.2, 0.25) is 5.91 Å². The fourth-order valence-corrected chi connectivity index (χ4v) is 2.74. The van der Waals surface area contributed by atoms with Crippen molar-refractivity contribution in [3.63, 3.8) is 0 Å². The van der Waals surface area contributed by atoms with Crippen molar-refractivity contribution >= 4 is 17.5 Å². The first kappa shape index (κ1) is 20.9. The Morgan fingerprint density at radius 3 is 2.41 bits per heavy atom. The van der Waals surface area contributed by atoms with Gasteiger partial charge in [-0.3, -0.25) is 4.79 Å². The molecule has 0 saturated heterocycles. The van der Waals surface area contributed by atoms with E-state index in [-0.39, 0.29) is 25.0 Å². The highest BCUT2D eigenvalue weighted by Gasteiger charge is 2.13. The predicted octanol–water partition coefficient (Wildman–Crippen LogP) is 4.78. The summed E-state index contributed by atoms with van der Waals surface area (Å²) in [4.78, 5) is 12.2. The van der Waals surface area contributed by atoms with Gasteiger partial charge in [-0.05, 0) is 50.6 Å². The summed E-state index contributed by atoms with van der Waals surface area (Å²) in [5.41, 5.74) is 0.947. The quantitative estimate of drug-likeness (QED) is 0.633. The van der Waals surface area contributed by atoms with Crippen LogP contribution >= 0.6 is 11.6 Å². The molecule has 0 heterocycles. The number of carbonyl (C=O) groups excluding carboxylic acids is 1. The van der Waals surface area contributed by atoms with Crippen LogP contribution in [-0.4, -0.2) is 25.7 Å². The van der Waals surface area contributed by atoms with Gasteiger partial charge >= 0.3 is 0 Å². The summed E-state index contributed by atoms with van der Waals surface area (Å²) in [7, 11) is 0. The van der Waals surface area contributed by atoms with Crippen molar-refractivity contribution in [2.45, 2.75) is 33.2 Å². The number of hydrogen-bond donors (Lipinski definition) is 1. The summed E-state index contributed by atoms with van der Waals surface area (Å²) < 4.78 is 16.8. The van der Waals surface area contributed by atoms with E-state index in [1.807, 2.05) is 51.1 Å². The van der Waals surface area contributed by atoms with E-state index in [0.29, 0.717) is 35.5 Å². The monoisotopic (exact) mass is 391 g/mol. The van der Waals surface area contributed by atoms with Crippen molar-refractivity contribution in [2.24, 2.45) is 0 Å². The smallest absolute Gasteiger partial charge is 0.223 e. The Kier molecular flexibility index (Phi) is 8.27. The molecule has 0 aromatic heterocycles. The Labute approximate surface area is 165 Å². The molecule has 0 bridgehead atoms. The van der Waals surface area contributed by atoms with Gasteiger partial charge in [-0.15, -0.1) is 0 Å². The molecule has 2 aromatic rings. The number of hydrogen-bond acceptors (Lipinski definition) is 4. The molecule has 2 rings (SSSR count). The normalized spacial score (nSPS) is 11.6. The van der Waals surface area contributed by atoms with Crippen LogP contribution in [0.15, 0.2) is 42.5 Å². The predicted molar refractivity (Wildman–Crippen MR) is 107 cm³/mol. The van der Waals surface area contributed by atoms with Crippen molar-refractivity contribution in [2.75, 3.05) is 19.8 Å². The van der Waals surface area contributed by atoms with Gasteiger partial charge in [0, 0.05) is 0 Å². The van der Waals surface area contributed by atoms with Crippen molar-refractivity contribution in [3.05, 3.63) is 53.1 Å². The number of nitrogens with one attached hydrogen (secondary N) is 1. The molecule has 0 fully saturated rings. The molecule has 0 saturated carbocycles. The van der Waals surface area contributed by atoms with Crippen LogP contribution in [0.4, 0.5) is 0 Å². The second-order valence-electron chi connectivity index (χ2n) is 5.89. The third-order valence-electron chi connectivity index (χ3n) is 3.87. The van der Waals surface area contributed by atoms with Crippen LogP contribution in [0.1, 0.15) is 38.8 Å². The maximum atomic E-state index is 12.2. The lowest BCUT2D eigenvalue weighted by Crippen LogP contribution is -2.27. The third-order valence-corrected chi connectivity index (χ3v) is 4.18. The van der Waals surface area contributed by atoms with Gasteiger partial charge in [0.05, 0.1) is 37.3 Å².